The Bertz CT molecular complexity index is 207. The standard InChI is InChI=1S/C9H16N2O2.C2H6/c1-11-8(12)2-7-13-9(11)3-5-10-6-4-9;1-2/h10H,2-7H2,1H3;1-2H3. The molecule has 0 radical (unpaired) electrons. The summed E-state index contributed by atoms with van der Waals surface area (Å²) >= 11 is 0. The number of amides is 1. The minimum atomic E-state index is -0.291. The van der Waals surface area contributed by atoms with Crippen LogP contribution in [0.5, 0.6) is 0 Å². The lowest BCUT2D eigenvalue weighted by atomic mass is 9.98. The Kier molecular flexibility index (Phi) is 4.54. The maximum Gasteiger partial charge on any atom is 0.226 e. The van der Waals surface area contributed by atoms with Gasteiger partial charge in [-0.05, 0) is 13.1 Å². The van der Waals surface area contributed by atoms with E-state index in [0.29, 0.717) is 13.0 Å². The first-order valence-electron chi connectivity index (χ1n) is 5.86. The van der Waals surface area contributed by atoms with Crippen LogP contribution in [-0.4, -0.2) is 43.3 Å². The molecule has 1 spiro atoms. The van der Waals surface area contributed by atoms with Crippen molar-refractivity contribution in [3.05, 3.63) is 0 Å². The Morgan fingerprint density at radius 3 is 2.53 bits per heavy atom. The highest BCUT2D eigenvalue weighted by atomic mass is 16.5. The van der Waals surface area contributed by atoms with Crippen molar-refractivity contribution < 1.29 is 9.53 Å². The van der Waals surface area contributed by atoms with Crippen molar-refractivity contribution in [2.75, 3.05) is 26.7 Å². The number of nitrogens with one attached hydrogen (secondary N) is 1. The van der Waals surface area contributed by atoms with Gasteiger partial charge in [-0.1, -0.05) is 13.8 Å². The zero-order valence-electron chi connectivity index (χ0n) is 10.0. The van der Waals surface area contributed by atoms with Crippen LogP contribution in [0.3, 0.4) is 0 Å². The molecule has 0 aromatic carbocycles. The van der Waals surface area contributed by atoms with Crippen molar-refractivity contribution in [2.24, 2.45) is 0 Å². The molecule has 2 saturated heterocycles. The van der Waals surface area contributed by atoms with Gasteiger partial charge in [0.05, 0.1) is 13.0 Å². The highest BCUT2D eigenvalue weighted by Crippen LogP contribution is 2.30. The molecule has 2 heterocycles. The molecule has 0 bridgehead atoms. The maximum atomic E-state index is 11.5. The Morgan fingerprint density at radius 2 is 1.93 bits per heavy atom. The van der Waals surface area contributed by atoms with E-state index in [9.17, 15) is 4.79 Å². The lowest BCUT2D eigenvalue weighted by Gasteiger charge is -2.47. The smallest absolute Gasteiger partial charge is 0.226 e. The van der Waals surface area contributed by atoms with E-state index in [-0.39, 0.29) is 11.6 Å². The molecule has 0 aromatic rings. The van der Waals surface area contributed by atoms with Crippen LogP contribution in [0.4, 0.5) is 0 Å². The maximum absolute atomic E-state index is 11.5. The minimum absolute atomic E-state index is 0.216. The van der Waals surface area contributed by atoms with E-state index in [2.05, 4.69) is 5.32 Å². The molecule has 0 atom stereocenters. The van der Waals surface area contributed by atoms with Crippen LogP contribution >= 0.6 is 0 Å². The molecule has 2 aliphatic heterocycles. The zero-order valence-corrected chi connectivity index (χ0v) is 10.0. The van der Waals surface area contributed by atoms with Gasteiger partial charge in [0.1, 0.15) is 5.72 Å². The molecule has 1 N–H and O–H groups in total. The summed E-state index contributed by atoms with van der Waals surface area (Å²) < 4.78 is 5.75. The number of hydrogen-bond donors (Lipinski definition) is 1. The molecular weight excluding hydrogens is 192 g/mol. The molecule has 0 unspecified atom stereocenters. The van der Waals surface area contributed by atoms with Gasteiger partial charge in [-0.25, -0.2) is 0 Å². The summed E-state index contributed by atoms with van der Waals surface area (Å²) in [6.45, 7) is 6.47. The number of piperidine rings is 1. The van der Waals surface area contributed by atoms with E-state index in [4.69, 9.17) is 4.74 Å². The van der Waals surface area contributed by atoms with Crippen molar-refractivity contribution >= 4 is 5.91 Å². The SMILES string of the molecule is CC.CN1C(=O)CCOC12CCNCC2. The normalized spacial score (nSPS) is 24.7. The third kappa shape index (κ3) is 2.49. The van der Waals surface area contributed by atoms with Gasteiger partial charge in [0, 0.05) is 19.9 Å². The molecule has 4 nitrogen and oxygen atoms in total. The number of rotatable bonds is 0. The largest absolute Gasteiger partial charge is 0.355 e. The van der Waals surface area contributed by atoms with E-state index in [1.165, 1.54) is 0 Å². The number of carbonyl (C=O) groups excluding carboxylic acids is 1. The van der Waals surface area contributed by atoms with Crippen LogP contribution < -0.4 is 5.32 Å². The van der Waals surface area contributed by atoms with Gasteiger partial charge in [-0.3, -0.25) is 4.79 Å². The lowest BCUT2D eigenvalue weighted by Crippen LogP contribution is -2.59. The Hall–Kier alpha value is -0.610. The topological polar surface area (TPSA) is 41.6 Å². The highest BCUT2D eigenvalue weighted by molar-refractivity contribution is 5.77. The average Bonchev–Trinajstić information content (AvgIpc) is 2.30. The van der Waals surface area contributed by atoms with Crippen molar-refractivity contribution in [3.8, 4) is 0 Å². The van der Waals surface area contributed by atoms with E-state index < -0.39 is 0 Å². The van der Waals surface area contributed by atoms with Crippen LogP contribution in [0, 0.1) is 0 Å². The summed E-state index contributed by atoms with van der Waals surface area (Å²) in [7, 11) is 1.85. The molecule has 88 valence electrons. The molecule has 0 aliphatic carbocycles. The summed E-state index contributed by atoms with van der Waals surface area (Å²) in [5, 5.41) is 3.27. The van der Waals surface area contributed by atoms with E-state index in [0.717, 1.165) is 25.9 Å². The number of nitrogens with zero attached hydrogens (tertiary/aromatic N) is 1. The predicted molar refractivity (Wildman–Crippen MR) is 59.5 cm³/mol. The molecule has 4 heteroatoms. The van der Waals surface area contributed by atoms with Gasteiger partial charge in [-0.2, -0.15) is 0 Å². The van der Waals surface area contributed by atoms with Gasteiger partial charge in [0.2, 0.25) is 5.91 Å². The van der Waals surface area contributed by atoms with E-state index in [1.807, 2.05) is 20.9 Å². The highest BCUT2D eigenvalue weighted by Gasteiger charge is 2.42. The van der Waals surface area contributed by atoms with E-state index >= 15 is 0 Å². The second-order valence-corrected chi connectivity index (χ2v) is 3.75. The fourth-order valence-electron chi connectivity index (χ4n) is 2.12. The van der Waals surface area contributed by atoms with Gasteiger partial charge >= 0.3 is 0 Å². The predicted octanol–water partition coefficient (Wildman–Crippen LogP) is 0.971. The Labute approximate surface area is 92.0 Å². The molecule has 0 saturated carbocycles. The van der Waals surface area contributed by atoms with Gasteiger partial charge in [-0.15, -0.1) is 0 Å². The van der Waals surface area contributed by atoms with Crippen LogP contribution in [0.25, 0.3) is 0 Å². The first kappa shape index (κ1) is 12.5. The molecule has 0 aromatic heterocycles. The van der Waals surface area contributed by atoms with Crippen molar-refractivity contribution in [2.45, 2.75) is 38.8 Å². The fraction of sp³-hybridized carbons (Fsp3) is 0.909. The van der Waals surface area contributed by atoms with Crippen LogP contribution in [0.1, 0.15) is 33.1 Å². The molecule has 1 amide bonds. The van der Waals surface area contributed by atoms with Crippen LogP contribution in [-0.2, 0) is 9.53 Å². The summed E-state index contributed by atoms with van der Waals surface area (Å²) in [4.78, 5) is 13.3. The summed E-state index contributed by atoms with van der Waals surface area (Å²) in [5.41, 5.74) is -0.291. The third-order valence-corrected chi connectivity index (χ3v) is 3.06. The minimum Gasteiger partial charge on any atom is -0.355 e. The number of hydrogen-bond acceptors (Lipinski definition) is 3. The first-order chi connectivity index (χ1) is 7.25. The van der Waals surface area contributed by atoms with Crippen molar-refractivity contribution in [1.82, 2.24) is 10.2 Å². The number of carbonyl (C=O) groups is 1. The quantitative estimate of drug-likeness (QED) is 0.653. The summed E-state index contributed by atoms with van der Waals surface area (Å²) in [6, 6.07) is 0. The first-order valence-corrected chi connectivity index (χ1v) is 5.86. The van der Waals surface area contributed by atoms with Gasteiger partial charge < -0.3 is 15.0 Å². The summed E-state index contributed by atoms with van der Waals surface area (Å²) in [5.74, 6) is 0.216. The molecule has 15 heavy (non-hydrogen) atoms. The Morgan fingerprint density at radius 1 is 1.33 bits per heavy atom. The second kappa shape index (κ2) is 5.47. The van der Waals surface area contributed by atoms with Crippen molar-refractivity contribution in [3.63, 3.8) is 0 Å². The van der Waals surface area contributed by atoms with Crippen LogP contribution in [0.15, 0.2) is 0 Å². The molecular formula is C11H22N2O2. The zero-order chi connectivity index (χ0) is 11.3. The van der Waals surface area contributed by atoms with Gasteiger partial charge in [0.15, 0.2) is 0 Å². The summed E-state index contributed by atoms with van der Waals surface area (Å²) in [6.07, 6.45) is 2.36. The lowest BCUT2D eigenvalue weighted by molar-refractivity contribution is -0.199. The van der Waals surface area contributed by atoms with Crippen LogP contribution in [0.2, 0.25) is 0 Å². The Balaban J connectivity index is 0.000000531. The van der Waals surface area contributed by atoms with Crippen molar-refractivity contribution in [1.29, 1.82) is 0 Å². The fourth-order valence-corrected chi connectivity index (χ4v) is 2.12. The monoisotopic (exact) mass is 214 g/mol. The number of ether oxygens (including phenoxy) is 1. The third-order valence-electron chi connectivity index (χ3n) is 3.06. The second-order valence-electron chi connectivity index (χ2n) is 3.75. The van der Waals surface area contributed by atoms with E-state index in [1.54, 1.807) is 4.90 Å². The molecule has 2 rings (SSSR count). The molecule has 2 fully saturated rings. The molecule has 2 aliphatic rings. The average molecular weight is 214 g/mol. The van der Waals surface area contributed by atoms with Gasteiger partial charge in [0.25, 0.3) is 0 Å².